The third-order valence-corrected chi connectivity index (χ3v) is 4.71. The van der Waals surface area contributed by atoms with Crippen LogP contribution in [0.25, 0.3) is 0 Å². The Morgan fingerprint density at radius 3 is 2.48 bits per heavy atom. The van der Waals surface area contributed by atoms with Gasteiger partial charge in [-0.2, -0.15) is 0 Å². The minimum atomic E-state index is -0.341. The Hall–Kier alpha value is -2.93. The molecule has 1 aliphatic rings. The molecule has 1 heterocycles. The average Bonchev–Trinajstić information content (AvgIpc) is 2.74. The van der Waals surface area contributed by atoms with Crippen molar-refractivity contribution >= 4 is 17.5 Å². The van der Waals surface area contributed by atoms with E-state index in [-0.39, 0.29) is 24.2 Å². The lowest BCUT2D eigenvalue weighted by Crippen LogP contribution is -2.50. The van der Waals surface area contributed by atoms with Crippen LogP contribution in [0.3, 0.4) is 0 Å². The second-order valence-electron chi connectivity index (χ2n) is 7.00. The van der Waals surface area contributed by atoms with E-state index in [9.17, 15) is 14.0 Å². The number of ether oxygens (including phenoxy) is 1. The molecule has 0 spiro atoms. The van der Waals surface area contributed by atoms with Gasteiger partial charge in [0.25, 0.3) is 5.91 Å². The summed E-state index contributed by atoms with van der Waals surface area (Å²) >= 11 is 0. The number of rotatable bonds is 7. The van der Waals surface area contributed by atoms with Crippen molar-refractivity contribution in [3.63, 3.8) is 0 Å². The van der Waals surface area contributed by atoms with Crippen molar-refractivity contribution < 1.29 is 18.7 Å². The number of halogens is 1. The zero-order valence-electron chi connectivity index (χ0n) is 16.6. The molecule has 3 rings (SSSR count). The molecule has 1 N–H and O–H groups in total. The SMILES string of the molecule is CCCOc1cccc(C(=O)N2CCN(CC(=O)Nc3ccc(F)cc3)CC2)c1. The minimum absolute atomic E-state index is 0.0256. The molecule has 2 aromatic rings. The summed E-state index contributed by atoms with van der Waals surface area (Å²) in [6, 6.07) is 12.9. The van der Waals surface area contributed by atoms with Crippen LogP contribution in [-0.2, 0) is 4.79 Å². The lowest BCUT2D eigenvalue weighted by Gasteiger charge is -2.34. The molecule has 0 saturated carbocycles. The quantitative estimate of drug-likeness (QED) is 0.778. The van der Waals surface area contributed by atoms with Crippen LogP contribution >= 0.6 is 0 Å². The molecule has 7 heteroatoms. The van der Waals surface area contributed by atoms with Crippen molar-refractivity contribution in [3.05, 3.63) is 59.9 Å². The molecule has 0 unspecified atom stereocenters. The van der Waals surface area contributed by atoms with E-state index in [0.29, 0.717) is 49.8 Å². The van der Waals surface area contributed by atoms with E-state index >= 15 is 0 Å². The largest absolute Gasteiger partial charge is 0.494 e. The van der Waals surface area contributed by atoms with Crippen LogP contribution < -0.4 is 10.1 Å². The predicted octanol–water partition coefficient (Wildman–Crippen LogP) is 3.01. The second kappa shape index (κ2) is 10.0. The summed E-state index contributed by atoms with van der Waals surface area (Å²) in [7, 11) is 0. The highest BCUT2D eigenvalue weighted by molar-refractivity contribution is 5.95. The van der Waals surface area contributed by atoms with Gasteiger partial charge in [-0.15, -0.1) is 0 Å². The number of amides is 2. The molecule has 1 aliphatic heterocycles. The monoisotopic (exact) mass is 399 g/mol. The summed E-state index contributed by atoms with van der Waals surface area (Å²) in [6.07, 6.45) is 0.912. The first-order valence-corrected chi connectivity index (χ1v) is 9.85. The Kier molecular flexibility index (Phi) is 7.19. The van der Waals surface area contributed by atoms with Gasteiger partial charge in [0, 0.05) is 37.4 Å². The molecule has 29 heavy (non-hydrogen) atoms. The number of hydrogen-bond acceptors (Lipinski definition) is 4. The summed E-state index contributed by atoms with van der Waals surface area (Å²) in [5.74, 6) is 0.180. The van der Waals surface area contributed by atoms with E-state index in [1.807, 2.05) is 24.0 Å². The number of hydrogen-bond donors (Lipinski definition) is 1. The van der Waals surface area contributed by atoms with Crippen molar-refractivity contribution in [3.8, 4) is 5.75 Å². The fourth-order valence-electron chi connectivity index (χ4n) is 3.17. The molecule has 0 aliphatic carbocycles. The average molecular weight is 399 g/mol. The summed E-state index contributed by atoms with van der Waals surface area (Å²) < 4.78 is 18.5. The van der Waals surface area contributed by atoms with Crippen LogP contribution in [0.4, 0.5) is 10.1 Å². The fourth-order valence-corrected chi connectivity index (χ4v) is 3.17. The molecule has 0 radical (unpaired) electrons. The van der Waals surface area contributed by atoms with Crippen LogP contribution in [0, 0.1) is 5.82 Å². The molecule has 0 aromatic heterocycles. The molecule has 6 nitrogen and oxygen atoms in total. The Balaban J connectivity index is 1.47. The molecule has 0 atom stereocenters. The molecule has 154 valence electrons. The molecular weight excluding hydrogens is 373 g/mol. The zero-order valence-corrected chi connectivity index (χ0v) is 16.6. The van der Waals surface area contributed by atoms with E-state index in [1.165, 1.54) is 24.3 Å². The fraction of sp³-hybridized carbons (Fsp3) is 0.364. The summed E-state index contributed by atoms with van der Waals surface area (Å²) in [4.78, 5) is 28.8. The molecule has 2 aromatic carbocycles. The van der Waals surface area contributed by atoms with E-state index in [4.69, 9.17) is 4.74 Å². The predicted molar refractivity (Wildman–Crippen MR) is 110 cm³/mol. The number of nitrogens with one attached hydrogen (secondary N) is 1. The maximum atomic E-state index is 12.9. The third-order valence-electron chi connectivity index (χ3n) is 4.71. The maximum absolute atomic E-state index is 12.9. The van der Waals surface area contributed by atoms with Crippen LogP contribution in [0.2, 0.25) is 0 Å². The standard InChI is InChI=1S/C22H26FN3O3/c1-2-14-29-20-5-3-4-17(15-20)22(28)26-12-10-25(11-13-26)16-21(27)24-19-8-6-18(23)7-9-19/h3-9,15H,2,10-14,16H2,1H3,(H,24,27). The van der Waals surface area contributed by atoms with E-state index in [1.54, 1.807) is 17.0 Å². The lowest BCUT2D eigenvalue weighted by molar-refractivity contribution is -0.117. The molecular formula is C22H26FN3O3. The van der Waals surface area contributed by atoms with Crippen LogP contribution in [0.1, 0.15) is 23.7 Å². The maximum Gasteiger partial charge on any atom is 0.254 e. The van der Waals surface area contributed by atoms with Gasteiger partial charge in [0.15, 0.2) is 0 Å². The van der Waals surface area contributed by atoms with Gasteiger partial charge in [0.05, 0.1) is 13.2 Å². The van der Waals surface area contributed by atoms with E-state index < -0.39 is 0 Å². The molecule has 1 saturated heterocycles. The number of piperazine rings is 1. The number of benzene rings is 2. The van der Waals surface area contributed by atoms with Crippen LogP contribution in [0.15, 0.2) is 48.5 Å². The molecule has 0 bridgehead atoms. The van der Waals surface area contributed by atoms with E-state index in [0.717, 1.165) is 6.42 Å². The van der Waals surface area contributed by atoms with Crippen LogP contribution in [0.5, 0.6) is 5.75 Å². The summed E-state index contributed by atoms with van der Waals surface area (Å²) in [5, 5.41) is 2.76. The van der Waals surface area contributed by atoms with Gasteiger partial charge in [-0.1, -0.05) is 13.0 Å². The van der Waals surface area contributed by atoms with Gasteiger partial charge in [-0.05, 0) is 48.9 Å². The number of carbonyl (C=O) groups excluding carboxylic acids is 2. The van der Waals surface area contributed by atoms with Crippen molar-refractivity contribution in [1.82, 2.24) is 9.80 Å². The highest BCUT2D eigenvalue weighted by Crippen LogP contribution is 2.16. The van der Waals surface area contributed by atoms with Crippen molar-refractivity contribution in [2.75, 3.05) is 44.6 Å². The third kappa shape index (κ3) is 6.02. The van der Waals surface area contributed by atoms with E-state index in [2.05, 4.69) is 5.32 Å². The van der Waals surface area contributed by atoms with Gasteiger partial charge < -0.3 is 15.0 Å². The van der Waals surface area contributed by atoms with Gasteiger partial charge in [-0.3, -0.25) is 14.5 Å². The lowest BCUT2D eigenvalue weighted by atomic mass is 10.1. The van der Waals surface area contributed by atoms with Crippen molar-refractivity contribution in [2.45, 2.75) is 13.3 Å². The zero-order chi connectivity index (χ0) is 20.6. The van der Waals surface area contributed by atoms with Crippen molar-refractivity contribution in [1.29, 1.82) is 0 Å². The number of anilines is 1. The van der Waals surface area contributed by atoms with Gasteiger partial charge in [0.1, 0.15) is 11.6 Å². The van der Waals surface area contributed by atoms with Crippen LogP contribution in [-0.4, -0.2) is 60.9 Å². The second-order valence-corrected chi connectivity index (χ2v) is 7.00. The first-order valence-electron chi connectivity index (χ1n) is 9.85. The van der Waals surface area contributed by atoms with Crippen molar-refractivity contribution in [2.24, 2.45) is 0 Å². The number of nitrogens with zero attached hydrogens (tertiary/aromatic N) is 2. The smallest absolute Gasteiger partial charge is 0.254 e. The van der Waals surface area contributed by atoms with Gasteiger partial charge >= 0.3 is 0 Å². The topological polar surface area (TPSA) is 61.9 Å². The Bertz CT molecular complexity index is 833. The normalized spacial score (nSPS) is 14.5. The number of carbonyl (C=O) groups is 2. The summed E-state index contributed by atoms with van der Waals surface area (Å²) in [6.45, 7) is 5.25. The Labute approximate surface area is 170 Å². The summed E-state index contributed by atoms with van der Waals surface area (Å²) in [5.41, 5.74) is 1.18. The molecule has 2 amide bonds. The first-order chi connectivity index (χ1) is 14.0. The van der Waals surface area contributed by atoms with Gasteiger partial charge in [-0.25, -0.2) is 4.39 Å². The Morgan fingerprint density at radius 1 is 1.07 bits per heavy atom. The minimum Gasteiger partial charge on any atom is -0.494 e. The molecule has 1 fully saturated rings. The Morgan fingerprint density at radius 2 is 1.79 bits per heavy atom. The highest BCUT2D eigenvalue weighted by Gasteiger charge is 2.23. The first kappa shape index (κ1) is 20.8. The highest BCUT2D eigenvalue weighted by atomic mass is 19.1. The van der Waals surface area contributed by atoms with Gasteiger partial charge in [0.2, 0.25) is 5.91 Å².